The van der Waals surface area contributed by atoms with E-state index in [0.717, 1.165) is 5.56 Å². The molecular formula is C12H12N2O2S. The molecule has 0 saturated carbocycles. The largest absolute Gasteiger partial charge is 0.476 e. The maximum absolute atomic E-state index is 10.9. The lowest BCUT2D eigenvalue weighted by atomic mass is 10.1. The van der Waals surface area contributed by atoms with Gasteiger partial charge in [0.1, 0.15) is 5.00 Å². The summed E-state index contributed by atoms with van der Waals surface area (Å²) < 4.78 is 0. The van der Waals surface area contributed by atoms with Crippen molar-refractivity contribution in [3.05, 3.63) is 47.1 Å². The minimum absolute atomic E-state index is 0.0507. The highest BCUT2D eigenvalue weighted by atomic mass is 32.1. The molecule has 2 aromatic rings. The van der Waals surface area contributed by atoms with E-state index in [0.29, 0.717) is 5.00 Å². The number of hydrogen-bond donors (Lipinski definition) is 2. The lowest BCUT2D eigenvalue weighted by Crippen LogP contribution is -2.09. The van der Waals surface area contributed by atoms with Crippen LogP contribution < -0.4 is 5.32 Å². The highest BCUT2D eigenvalue weighted by Gasteiger charge is 2.15. The summed E-state index contributed by atoms with van der Waals surface area (Å²) in [5, 5.41) is 12.7. The molecule has 0 radical (unpaired) electrons. The van der Waals surface area contributed by atoms with Gasteiger partial charge in [0.15, 0.2) is 5.69 Å². The molecule has 2 rings (SSSR count). The number of nitrogens with zero attached hydrogens (tertiary/aromatic N) is 1. The summed E-state index contributed by atoms with van der Waals surface area (Å²) in [7, 11) is 0. The number of aromatic carboxylic acids is 1. The zero-order chi connectivity index (χ0) is 12.3. The molecule has 0 fully saturated rings. The maximum atomic E-state index is 10.9. The van der Waals surface area contributed by atoms with E-state index in [-0.39, 0.29) is 11.7 Å². The average molecular weight is 248 g/mol. The molecule has 5 heteroatoms. The van der Waals surface area contributed by atoms with Gasteiger partial charge < -0.3 is 10.4 Å². The van der Waals surface area contributed by atoms with Crippen LogP contribution in [0.2, 0.25) is 0 Å². The summed E-state index contributed by atoms with van der Waals surface area (Å²) in [6.07, 6.45) is 0. The van der Waals surface area contributed by atoms with Crippen LogP contribution in [0.1, 0.15) is 29.0 Å². The minimum Gasteiger partial charge on any atom is -0.476 e. The van der Waals surface area contributed by atoms with Gasteiger partial charge in [-0.15, -0.1) is 11.3 Å². The van der Waals surface area contributed by atoms with Gasteiger partial charge in [-0.3, -0.25) is 0 Å². The number of carbonyl (C=O) groups is 1. The van der Waals surface area contributed by atoms with Crippen LogP contribution in [0.15, 0.2) is 35.8 Å². The van der Waals surface area contributed by atoms with Crippen molar-refractivity contribution in [2.75, 3.05) is 5.32 Å². The minimum atomic E-state index is -1.01. The second-order valence-corrected chi connectivity index (χ2v) is 4.47. The predicted molar refractivity (Wildman–Crippen MR) is 67.6 cm³/mol. The topological polar surface area (TPSA) is 62.2 Å². The third-order valence-electron chi connectivity index (χ3n) is 2.42. The van der Waals surface area contributed by atoms with Crippen molar-refractivity contribution in [3.8, 4) is 0 Å². The Morgan fingerprint density at radius 2 is 2.12 bits per heavy atom. The Morgan fingerprint density at radius 3 is 2.76 bits per heavy atom. The Balaban J connectivity index is 2.16. The number of benzene rings is 1. The smallest absolute Gasteiger partial charge is 0.357 e. The Morgan fingerprint density at radius 1 is 1.41 bits per heavy atom. The SMILES string of the molecule is C[C@@H](Nc1scnc1C(=O)O)c1ccccc1. The van der Waals surface area contributed by atoms with E-state index in [1.807, 2.05) is 37.3 Å². The van der Waals surface area contributed by atoms with Gasteiger partial charge in [-0.2, -0.15) is 0 Å². The summed E-state index contributed by atoms with van der Waals surface area (Å²) >= 11 is 1.30. The molecule has 0 spiro atoms. The van der Waals surface area contributed by atoms with Gasteiger partial charge in [0.2, 0.25) is 0 Å². The Hall–Kier alpha value is -1.88. The number of thiazole rings is 1. The summed E-state index contributed by atoms with van der Waals surface area (Å²) in [6.45, 7) is 1.99. The van der Waals surface area contributed by atoms with Crippen LogP contribution in [0.4, 0.5) is 5.00 Å². The van der Waals surface area contributed by atoms with Crippen LogP contribution in [0.5, 0.6) is 0 Å². The van der Waals surface area contributed by atoms with E-state index in [1.165, 1.54) is 16.8 Å². The standard InChI is InChI=1S/C12H12N2O2S/c1-8(9-5-3-2-4-6-9)14-11-10(12(15)16)13-7-17-11/h2-8,14H,1H3,(H,15,16)/t8-/m1/s1. The van der Waals surface area contributed by atoms with Gasteiger partial charge in [-0.1, -0.05) is 30.3 Å². The van der Waals surface area contributed by atoms with Gasteiger partial charge in [-0.05, 0) is 12.5 Å². The Labute approximate surface area is 103 Å². The normalized spacial score (nSPS) is 12.1. The molecule has 1 atom stereocenters. The summed E-state index contributed by atoms with van der Waals surface area (Å²) in [4.78, 5) is 14.7. The number of anilines is 1. The van der Waals surface area contributed by atoms with E-state index < -0.39 is 5.97 Å². The van der Waals surface area contributed by atoms with Gasteiger partial charge in [0, 0.05) is 6.04 Å². The number of hydrogen-bond acceptors (Lipinski definition) is 4. The maximum Gasteiger partial charge on any atom is 0.357 e. The molecule has 2 N–H and O–H groups in total. The highest BCUT2D eigenvalue weighted by Crippen LogP contribution is 2.25. The molecular weight excluding hydrogens is 236 g/mol. The fourth-order valence-corrected chi connectivity index (χ4v) is 2.28. The van der Waals surface area contributed by atoms with E-state index in [9.17, 15) is 4.79 Å². The van der Waals surface area contributed by atoms with E-state index in [1.54, 1.807) is 0 Å². The second-order valence-electron chi connectivity index (χ2n) is 3.61. The number of rotatable bonds is 4. The number of carboxylic acid groups (broad SMARTS) is 1. The highest BCUT2D eigenvalue weighted by molar-refractivity contribution is 7.14. The Kier molecular flexibility index (Phi) is 3.39. The van der Waals surface area contributed by atoms with Gasteiger partial charge in [-0.25, -0.2) is 9.78 Å². The second kappa shape index (κ2) is 4.97. The molecule has 1 heterocycles. The quantitative estimate of drug-likeness (QED) is 0.873. The van der Waals surface area contributed by atoms with Crippen LogP contribution in [0, 0.1) is 0 Å². The van der Waals surface area contributed by atoms with Crippen LogP contribution >= 0.6 is 11.3 Å². The molecule has 4 nitrogen and oxygen atoms in total. The third kappa shape index (κ3) is 2.62. The van der Waals surface area contributed by atoms with E-state index in [4.69, 9.17) is 5.11 Å². The molecule has 17 heavy (non-hydrogen) atoms. The molecule has 1 aromatic heterocycles. The molecule has 0 aliphatic carbocycles. The number of nitrogens with one attached hydrogen (secondary N) is 1. The summed E-state index contributed by atoms with van der Waals surface area (Å²) in [5.41, 5.74) is 2.72. The molecule has 0 saturated heterocycles. The summed E-state index contributed by atoms with van der Waals surface area (Å²) in [5.74, 6) is -1.01. The van der Waals surface area contributed by atoms with Crippen LogP contribution in [-0.4, -0.2) is 16.1 Å². The fourth-order valence-electron chi connectivity index (χ4n) is 1.52. The zero-order valence-electron chi connectivity index (χ0n) is 9.25. The van der Waals surface area contributed by atoms with Crippen molar-refractivity contribution in [1.82, 2.24) is 4.98 Å². The first-order valence-corrected chi connectivity index (χ1v) is 6.04. The lowest BCUT2D eigenvalue weighted by Gasteiger charge is -2.14. The summed E-state index contributed by atoms with van der Waals surface area (Å²) in [6, 6.07) is 9.91. The molecule has 0 aliphatic rings. The first-order chi connectivity index (χ1) is 8.18. The first kappa shape index (κ1) is 11.6. The molecule has 0 aliphatic heterocycles. The lowest BCUT2D eigenvalue weighted by molar-refractivity contribution is 0.0692. The first-order valence-electron chi connectivity index (χ1n) is 5.16. The van der Waals surface area contributed by atoms with Crippen molar-refractivity contribution >= 4 is 22.3 Å². The number of aromatic nitrogens is 1. The van der Waals surface area contributed by atoms with Gasteiger partial charge >= 0.3 is 5.97 Å². The van der Waals surface area contributed by atoms with Gasteiger partial charge in [0.05, 0.1) is 5.51 Å². The van der Waals surface area contributed by atoms with E-state index in [2.05, 4.69) is 10.3 Å². The predicted octanol–water partition coefficient (Wildman–Crippen LogP) is 3.01. The van der Waals surface area contributed by atoms with Crippen molar-refractivity contribution in [2.24, 2.45) is 0 Å². The van der Waals surface area contributed by atoms with Crippen molar-refractivity contribution in [2.45, 2.75) is 13.0 Å². The molecule has 0 unspecified atom stereocenters. The van der Waals surface area contributed by atoms with Crippen molar-refractivity contribution in [1.29, 1.82) is 0 Å². The van der Waals surface area contributed by atoms with Crippen LogP contribution in [0.3, 0.4) is 0 Å². The zero-order valence-corrected chi connectivity index (χ0v) is 10.1. The molecule has 0 bridgehead atoms. The van der Waals surface area contributed by atoms with Crippen molar-refractivity contribution < 1.29 is 9.90 Å². The van der Waals surface area contributed by atoms with Crippen molar-refractivity contribution in [3.63, 3.8) is 0 Å². The van der Waals surface area contributed by atoms with Crippen LogP contribution in [0.25, 0.3) is 0 Å². The molecule has 88 valence electrons. The monoisotopic (exact) mass is 248 g/mol. The van der Waals surface area contributed by atoms with Gasteiger partial charge in [0.25, 0.3) is 0 Å². The average Bonchev–Trinajstić information content (AvgIpc) is 2.78. The van der Waals surface area contributed by atoms with E-state index >= 15 is 0 Å². The number of carboxylic acids is 1. The van der Waals surface area contributed by atoms with Crippen LogP contribution in [-0.2, 0) is 0 Å². The fraction of sp³-hybridized carbons (Fsp3) is 0.167. The molecule has 0 amide bonds. The Bertz CT molecular complexity index is 510. The third-order valence-corrected chi connectivity index (χ3v) is 3.17. The molecule has 1 aromatic carbocycles.